The number of rotatable bonds is 9. The van der Waals surface area contributed by atoms with Crippen LogP contribution in [0.2, 0.25) is 0 Å². The molecule has 0 atom stereocenters. The topological polar surface area (TPSA) is 89.1 Å². The maximum absolute atomic E-state index is 11.7. The van der Waals surface area contributed by atoms with E-state index in [2.05, 4.69) is 66.1 Å². The molecule has 0 unspecified atom stereocenters. The number of carbonyl (C=O) groups excluding carboxylic acids is 1. The fraction of sp³-hybridized carbons (Fsp3) is 0.368. The minimum Gasteiger partial charge on any atom is -0.512 e. The van der Waals surface area contributed by atoms with Crippen LogP contribution in [-0.2, 0) is 30.3 Å². The molecule has 0 saturated carbocycles. The first kappa shape index (κ1) is 35.8. The number of benzene rings is 2. The van der Waals surface area contributed by atoms with Crippen molar-refractivity contribution < 1.29 is 34.4 Å². The van der Waals surface area contributed by atoms with Crippen LogP contribution in [0.4, 0.5) is 0 Å². The molecule has 7 heteroatoms. The maximum atomic E-state index is 11.7. The summed E-state index contributed by atoms with van der Waals surface area (Å²) in [5, 5.41) is 12.1. The number of ketones is 1. The molecule has 5 aromatic rings. The number of nitrogens with zero attached hydrogens (tertiary/aromatic N) is 3. The smallest absolute Gasteiger partial charge is 0.162 e. The zero-order valence-electron chi connectivity index (χ0n) is 27.4. The van der Waals surface area contributed by atoms with E-state index >= 15 is 0 Å². The van der Waals surface area contributed by atoms with E-state index in [1.54, 1.807) is 12.6 Å². The van der Waals surface area contributed by atoms with Crippen molar-refractivity contribution in [1.82, 2.24) is 15.0 Å². The molecule has 3 aromatic heterocycles. The normalized spacial score (nSPS) is 11.9. The Balaban J connectivity index is 0.000000297. The standard InChI is InChI=1S/C25H20N3O.C13H24O2.Ir/c1-25(2,3)19-13-17(12-16-6-4-5-7-18(16)19)22-14-23(27-15-26-22)20-8-9-24-21(28-20)10-11-29-24;1-5-10(6-2)12(14)9-13(15)11(7-3)8-4;/h4-11,13-15H,1-3H3;9-11,14H,5-8H2,1-4H3;/q-1;;/b;12-9-;. The minimum absolute atomic E-state index is 0. The molecule has 239 valence electrons. The first-order valence-corrected chi connectivity index (χ1v) is 15.7. The average Bonchev–Trinajstić information content (AvgIpc) is 3.50. The second-order valence-corrected chi connectivity index (χ2v) is 12.2. The Hall–Kier alpha value is -3.67. The fourth-order valence-electron chi connectivity index (χ4n) is 5.41. The monoisotopic (exact) mass is 783 g/mol. The van der Waals surface area contributed by atoms with Crippen molar-refractivity contribution in [2.45, 2.75) is 79.6 Å². The molecule has 0 spiro atoms. The third-order valence-corrected chi connectivity index (χ3v) is 8.18. The minimum atomic E-state index is 0. The first-order valence-electron chi connectivity index (χ1n) is 15.7. The second kappa shape index (κ2) is 16.1. The zero-order chi connectivity index (χ0) is 31.9. The van der Waals surface area contributed by atoms with Crippen molar-refractivity contribution in [3.8, 4) is 22.6 Å². The molecular weight excluding hydrogens is 739 g/mol. The van der Waals surface area contributed by atoms with Crippen LogP contribution in [-0.4, -0.2) is 25.8 Å². The van der Waals surface area contributed by atoms with Crippen molar-refractivity contribution in [2.24, 2.45) is 11.8 Å². The number of carbonyl (C=O) groups is 1. The zero-order valence-corrected chi connectivity index (χ0v) is 29.7. The third-order valence-electron chi connectivity index (χ3n) is 8.18. The van der Waals surface area contributed by atoms with Gasteiger partial charge in [-0.1, -0.05) is 77.6 Å². The van der Waals surface area contributed by atoms with E-state index < -0.39 is 0 Å². The Morgan fingerprint density at radius 1 is 0.889 bits per heavy atom. The molecule has 0 fully saturated rings. The predicted molar refractivity (Wildman–Crippen MR) is 179 cm³/mol. The molecule has 0 aliphatic heterocycles. The maximum Gasteiger partial charge on any atom is 0.162 e. The van der Waals surface area contributed by atoms with Gasteiger partial charge in [0.15, 0.2) is 11.4 Å². The average molecular weight is 783 g/mol. The molecule has 1 radical (unpaired) electrons. The van der Waals surface area contributed by atoms with Crippen molar-refractivity contribution >= 4 is 27.7 Å². The van der Waals surface area contributed by atoms with Crippen molar-refractivity contribution in [3.05, 3.63) is 90.7 Å². The third kappa shape index (κ3) is 8.74. The van der Waals surface area contributed by atoms with Crippen LogP contribution in [0.1, 0.15) is 79.7 Å². The number of aromatic nitrogens is 3. The van der Waals surface area contributed by atoms with Crippen LogP contribution in [0.3, 0.4) is 0 Å². The molecule has 0 aliphatic rings. The second-order valence-electron chi connectivity index (χ2n) is 12.2. The Morgan fingerprint density at radius 2 is 1.56 bits per heavy atom. The molecule has 0 bridgehead atoms. The van der Waals surface area contributed by atoms with Crippen molar-refractivity contribution in [3.63, 3.8) is 0 Å². The van der Waals surface area contributed by atoms with E-state index in [0.717, 1.165) is 64.8 Å². The Morgan fingerprint density at radius 3 is 2.22 bits per heavy atom. The van der Waals surface area contributed by atoms with E-state index in [1.165, 1.54) is 17.0 Å². The Bertz CT molecular complexity index is 1740. The van der Waals surface area contributed by atoms with Crippen LogP contribution in [0.25, 0.3) is 44.5 Å². The van der Waals surface area contributed by atoms with Gasteiger partial charge in [0.25, 0.3) is 0 Å². The Kier molecular flexibility index (Phi) is 12.8. The van der Waals surface area contributed by atoms with Gasteiger partial charge in [0.2, 0.25) is 0 Å². The van der Waals surface area contributed by atoms with E-state index in [-0.39, 0.29) is 48.9 Å². The molecule has 0 aliphatic carbocycles. The van der Waals surface area contributed by atoms with Gasteiger partial charge in [-0.25, -0.2) is 9.97 Å². The van der Waals surface area contributed by atoms with E-state index in [9.17, 15) is 9.90 Å². The van der Waals surface area contributed by atoms with Gasteiger partial charge in [-0.2, -0.15) is 0 Å². The quantitative estimate of drug-likeness (QED) is 0.0910. The largest absolute Gasteiger partial charge is 0.512 e. The SMILES string of the molecule is CC(C)(C)c1cc(-c2cc(-c3ccc4occc4n3)ncn2)[c-]c2ccccc12.CCC(CC)C(=O)/C=C(\O)C(CC)CC.[Ir]. The number of fused-ring (bicyclic) bond motifs is 2. The summed E-state index contributed by atoms with van der Waals surface area (Å²) in [6, 6.07) is 21.8. The van der Waals surface area contributed by atoms with Crippen LogP contribution in [0, 0.1) is 17.9 Å². The van der Waals surface area contributed by atoms with Gasteiger partial charge in [-0.3, -0.25) is 9.78 Å². The molecule has 1 N–H and O–H groups in total. The van der Waals surface area contributed by atoms with Crippen molar-refractivity contribution in [2.75, 3.05) is 0 Å². The van der Waals surface area contributed by atoms with E-state index in [4.69, 9.17) is 4.42 Å². The summed E-state index contributed by atoms with van der Waals surface area (Å²) in [6.45, 7) is 14.8. The molecule has 3 heterocycles. The van der Waals surface area contributed by atoms with Gasteiger partial charge in [0.1, 0.15) is 11.8 Å². The van der Waals surface area contributed by atoms with E-state index in [0.29, 0.717) is 0 Å². The number of furan rings is 1. The van der Waals surface area contributed by atoms with Crippen LogP contribution in [0.5, 0.6) is 0 Å². The molecule has 5 rings (SSSR count). The summed E-state index contributed by atoms with van der Waals surface area (Å²) in [6.07, 6.45) is 8.14. The summed E-state index contributed by atoms with van der Waals surface area (Å²) in [4.78, 5) is 25.3. The van der Waals surface area contributed by atoms with Gasteiger partial charge in [-0.15, -0.1) is 29.1 Å². The summed E-state index contributed by atoms with van der Waals surface area (Å²) < 4.78 is 5.39. The number of pyridine rings is 1. The number of aliphatic hydroxyl groups excluding tert-OH is 1. The summed E-state index contributed by atoms with van der Waals surface area (Å²) >= 11 is 0. The molecule has 2 aromatic carbocycles. The number of hydrogen-bond donors (Lipinski definition) is 1. The number of aliphatic hydroxyl groups is 1. The molecule has 45 heavy (non-hydrogen) atoms. The van der Waals surface area contributed by atoms with Crippen molar-refractivity contribution in [1.29, 1.82) is 0 Å². The van der Waals surface area contributed by atoms with Crippen LogP contribution < -0.4 is 0 Å². The number of allylic oxidation sites excluding steroid dienone is 2. The van der Waals surface area contributed by atoms with Crippen LogP contribution >= 0.6 is 0 Å². The molecule has 0 saturated heterocycles. The fourth-order valence-corrected chi connectivity index (χ4v) is 5.41. The molecule has 0 amide bonds. The summed E-state index contributed by atoms with van der Waals surface area (Å²) in [5.41, 5.74) is 6.22. The van der Waals surface area contributed by atoms with Gasteiger partial charge >= 0.3 is 0 Å². The Labute approximate surface area is 280 Å². The van der Waals surface area contributed by atoms with E-state index in [1.807, 2.05) is 58.0 Å². The molecule has 6 nitrogen and oxygen atoms in total. The van der Waals surface area contributed by atoms with Gasteiger partial charge < -0.3 is 9.52 Å². The first-order chi connectivity index (χ1) is 21.1. The summed E-state index contributed by atoms with van der Waals surface area (Å²) in [7, 11) is 0. The number of hydrogen-bond acceptors (Lipinski definition) is 6. The van der Waals surface area contributed by atoms with Gasteiger partial charge in [0.05, 0.1) is 23.4 Å². The van der Waals surface area contributed by atoms with Gasteiger partial charge in [-0.05, 0) is 49.3 Å². The van der Waals surface area contributed by atoms with Gasteiger partial charge in [0, 0.05) is 49.8 Å². The molecular formula is C38H44IrN3O3-. The summed E-state index contributed by atoms with van der Waals surface area (Å²) in [5.74, 6) is 0.547. The predicted octanol–water partition coefficient (Wildman–Crippen LogP) is 10.1. The van der Waals surface area contributed by atoms with Crippen LogP contribution in [0.15, 0.2) is 83.4 Å².